The third kappa shape index (κ3) is 5.07. The van der Waals surface area contributed by atoms with Gasteiger partial charge in [0.2, 0.25) is 5.91 Å². The van der Waals surface area contributed by atoms with Crippen molar-refractivity contribution in [3.8, 4) is 0 Å². The van der Waals surface area contributed by atoms with Crippen LogP contribution >= 0.6 is 0 Å². The van der Waals surface area contributed by atoms with Crippen molar-refractivity contribution in [2.45, 2.75) is 18.7 Å². The summed E-state index contributed by atoms with van der Waals surface area (Å²) in [4.78, 5) is 23.0. The topological polar surface area (TPSA) is 110 Å². The quantitative estimate of drug-likeness (QED) is 0.441. The minimum Gasteiger partial charge on any atom is -0.325 e. The van der Waals surface area contributed by atoms with Crippen LogP contribution in [0.3, 0.4) is 0 Å². The van der Waals surface area contributed by atoms with Crippen molar-refractivity contribution in [3.05, 3.63) is 94.0 Å². The monoisotopic (exact) mass is 439 g/mol. The molecule has 8 nitrogen and oxygen atoms in total. The zero-order chi connectivity index (χ0) is 22.6. The molecule has 0 spiro atoms. The van der Waals surface area contributed by atoms with Crippen LogP contribution in [0, 0.1) is 24.0 Å². The number of nitro groups is 1. The van der Waals surface area contributed by atoms with E-state index >= 15 is 0 Å². The Morgan fingerprint density at radius 2 is 1.61 bits per heavy atom. The summed E-state index contributed by atoms with van der Waals surface area (Å²) in [6.07, 6.45) is 0. The highest BCUT2D eigenvalue weighted by Crippen LogP contribution is 2.26. The highest BCUT2D eigenvalue weighted by Gasteiger charge is 2.27. The summed E-state index contributed by atoms with van der Waals surface area (Å²) in [5.41, 5.74) is 2.47. The Morgan fingerprint density at radius 1 is 0.968 bits per heavy atom. The molecule has 31 heavy (non-hydrogen) atoms. The van der Waals surface area contributed by atoms with Crippen LogP contribution in [0.5, 0.6) is 0 Å². The second-order valence-electron chi connectivity index (χ2n) is 6.95. The number of rotatable bonds is 7. The smallest absolute Gasteiger partial charge is 0.269 e. The van der Waals surface area contributed by atoms with Gasteiger partial charge in [-0.25, -0.2) is 8.42 Å². The minimum atomic E-state index is -4.01. The predicted octanol–water partition coefficient (Wildman–Crippen LogP) is 4.05. The average molecular weight is 439 g/mol. The van der Waals surface area contributed by atoms with Gasteiger partial charge in [0.1, 0.15) is 6.54 Å². The Kier molecular flexibility index (Phi) is 6.36. The number of non-ortho nitro benzene ring substituents is 1. The molecule has 0 aromatic heterocycles. The van der Waals surface area contributed by atoms with Gasteiger partial charge >= 0.3 is 0 Å². The second kappa shape index (κ2) is 8.97. The minimum absolute atomic E-state index is 0.0661. The zero-order valence-corrected chi connectivity index (χ0v) is 17.8. The van der Waals surface area contributed by atoms with E-state index in [4.69, 9.17) is 0 Å². The number of aryl methyl sites for hydroxylation is 2. The molecule has 160 valence electrons. The molecule has 1 N–H and O–H groups in total. The molecule has 0 atom stereocenters. The lowest BCUT2D eigenvalue weighted by Gasteiger charge is -2.24. The van der Waals surface area contributed by atoms with Crippen molar-refractivity contribution in [1.82, 2.24) is 0 Å². The summed E-state index contributed by atoms with van der Waals surface area (Å²) in [7, 11) is -4.01. The molecule has 0 unspecified atom stereocenters. The Hall–Kier alpha value is -3.72. The molecule has 0 aliphatic heterocycles. The predicted molar refractivity (Wildman–Crippen MR) is 119 cm³/mol. The van der Waals surface area contributed by atoms with E-state index in [-0.39, 0.29) is 10.6 Å². The number of nitrogens with one attached hydrogen (secondary N) is 1. The number of amides is 1. The highest BCUT2D eigenvalue weighted by molar-refractivity contribution is 7.92. The molecule has 0 heterocycles. The first kappa shape index (κ1) is 22.0. The lowest BCUT2D eigenvalue weighted by molar-refractivity contribution is -0.384. The van der Waals surface area contributed by atoms with E-state index in [0.717, 1.165) is 15.4 Å². The number of nitro benzene ring substituents is 1. The van der Waals surface area contributed by atoms with Crippen molar-refractivity contribution in [2.24, 2.45) is 0 Å². The van der Waals surface area contributed by atoms with Crippen LogP contribution in [0.15, 0.2) is 77.7 Å². The number of hydrogen-bond acceptors (Lipinski definition) is 5. The van der Waals surface area contributed by atoms with Gasteiger partial charge in [0.15, 0.2) is 0 Å². The fourth-order valence-corrected chi connectivity index (χ4v) is 4.35. The van der Waals surface area contributed by atoms with E-state index in [0.29, 0.717) is 11.4 Å². The molecule has 9 heteroatoms. The van der Waals surface area contributed by atoms with Gasteiger partial charge in [-0.05, 0) is 61.4 Å². The third-order valence-corrected chi connectivity index (χ3v) is 6.55. The van der Waals surface area contributed by atoms with Crippen LogP contribution in [-0.2, 0) is 14.8 Å². The first-order valence-corrected chi connectivity index (χ1v) is 10.8. The average Bonchev–Trinajstić information content (AvgIpc) is 2.75. The lowest BCUT2D eigenvalue weighted by Crippen LogP contribution is -2.38. The van der Waals surface area contributed by atoms with E-state index in [1.54, 1.807) is 36.4 Å². The Balaban J connectivity index is 1.91. The first-order chi connectivity index (χ1) is 14.7. The summed E-state index contributed by atoms with van der Waals surface area (Å²) in [6.45, 7) is 3.32. The van der Waals surface area contributed by atoms with Crippen molar-refractivity contribution in [2.75, 3.05) is 16.2 Å². The number of benzene rings is 3. The fraction of sp³-hybridized carbons (Fsp3) is 0.136. The van der Waals surface area contributed by atoms with Gasteiger partial charge in [-0.3, -0.25) is 19.2 Å². The summed E-state index contributed by atoms with van der Waals surface area (Å²) in [6, 6.07) is 18.4. The molecular weight excluding hydrogens is 418 g/mol. The van der Waals surface area contributed by atoms with Gasteiger partial charge in [-0.15, -0.1) is 0 Å². The summed E-state index contributed by atoms with van der Waals surface area (Å²) in [5, 5.41) is 13.4. The van der Waals surface area contributed by atoms with E-state index in [1.165, 1.54) is 36.4 Å². The molecule has 0 fully saturated rings. The summed E-state index contributed by atoms with van der Waals surface area (Å²) < 4.78 is 27.7. The zero-order valence-electron chi connectivity index (χ0n) is 17.0. The van der Waals surface area contributed by atoms with Crippen LogP contribution in [0.4, 0.5) is 17.1 Å². The number of hydrogen-bond donors (Lipinski definition) is 1. The lowest BCUT2D eigenvalue weighted by atomic mass is 10.1. The van der Waals surface area contributed by atoms with E-state index in [2.05, 4.69) is 5.32 Å². The highest BCUT2D eigenvalue weighted by atomic mass is 32.2. The van der Waals surface area contributed by atoms with Crippen LogP contribution in [0.25, 0.3) is 0 Å². The SMILES string of the molecule is Cc1ccc(N(CC(=O)Nc2ccc([N+](=O)[O-])cc2)S(=O)(=O)c2ccccc2)cc1C. The molecule has 3 rings (SSSR count). The van der Waals surface area contributed by atoms with E-state index < -0.39 is 27.4 Å². The molecule has 0 radical (unpaired) electrons. The van der Waals surface area contributed by atoms with E-state index in [1.807, 2.05) is 13.8 Å². The standard InChI is InChI=1S/C22H21N3O5S/c1-16-8-11-20(14-17(16)2)24(31(29,30)21-6-4-3-5-7-21)15-22(26)23-18-9-12-19(13-10-18)25(27)28/h3-14H,15H2,1-2H3,(H,23,26). The maximum Gasteiger partial charge on any atom is 0.269 e. The van der Waals surface area contributed by atoms with E-state index in [9.17, 15) is 23.3 Å². The van der Waals surface area contributed by atoms with Gasteiger partial charge in [0.05, 0.1) is 15.5 Å². The Labute approximate surface area is 180 Å². The van der Waals surface area contributed by atoms with Gasteiger partial charge in [-0.1, -0.05) is 24.3 Å². The maximum atomic E-state index is 13.3. The molecule has 3 aromatic rings. The van der Waals surface area contributed by atoms with Crippen molar-refractivity contribution >= 4 is 33.0 Å². The summed E-state index contributed by atoms with van der Waals surface area (Å²) in [5.74, 6) is -0.577. The van der Waals surface area contributed by atoms with Crippen molar-refractivity contribution in [1.29, 1.82) is 0 Å². The number of anilines is 2. The van der Waals surface area contributed by atoms with Crippen molar-refractivity contribution in [3.63, 3.8) is 0 Å². The maximum absolute atomic E-state index is 13.3. The largest absolute Gasteiger partial charge is 0.325 e. The molecular formula is C22H21N3O5S. The van der Waals surface area contributed by atoms with Crippen LogP contribution in [0.2, 0.25) is 0 Å². The molecule has 0 saturated heterocycles. The normalized spacial score (nSPS) is 11.0. The molecule has 0 bridgehead atoms. The van der Waals surface area contributed by atoms with Gasteiger partial charge in [-0.2, -0.15) is 0 Å². The Morgan fingerprint density at radius 3 is 2.19 bits per heavy atom. The van der Waals surface area contributed by atoms with Crippen LogP contribution in [-0.4, -0.2) is 25.8 Å². The first-order valence-electron chi connectivity index (χ1n) is 9.38. The number of carbonyl (C=O) groups is 1. The van der Waals surface area contributed by atoms with Gasteiger partial charge in [0.25, 0.3) is 15.7 Å². The number of carbonyl (C=O) groups excluding carboxylic acids is 1. The molecule has 3 aromatic carbocycles. The van der Waals surface area contributed by atoms with Gasteiger partial charge in [0, 0.05) is 17.8 Å². The number of sulfonamides is 1. The second-order valence-corrected chi connectivity index (χ2v) is 8.81. The van der Waals surface area contributed by atoms with Gasteiger partial charge < -0.3 is 5.32 Å². The van der Waals surface area contributed by atoms with Crippen LogP contribution < -0.4 is 9.62 Å². The molecule has 0 saturated carbocycles. The summed E-state index contributed by atoms with van der Waals surface area (Å²) >= 11 is 0. The van der Waals surface area contributed by atoms with Crippen molar-refractivity contribution < 1.29 is 18.1 Å². The molecule has 0 aliphatic carbocycles. The number of nitrogens with zero attached hydrogens (tertiary/aromatic N) is 2. The van der Waals surface area contributed by atoms with Crippen LogP contribution in [0.1, 0.15) is 11.1 Å². The third-order valence-electron chi connectivity index (χ3n) is 4.76. The molecule has 1 amide bonds. The Bertz CT molecular complexity index is 1210. The molecule has 0 aliphatic rings. The fourth-order valence-electron chi connectivity index (χ4n) is 2.91.